The van der Waals surface area contributed by atoms with Crippen molar-refractivity contribution in [3.05, 3.63) is 58.3 Å². The highest BCUT2D eigenvalue weighted by Crippen LogP contribution is 2.22. The van der Waals surface area contributed by atoms with Gasteiger partial charge < -0.3 is 5.32 Å². The van der Waals surface area contributed by atoms with Gasteiger partial charge in [0, 0.05) is 24.0 Å². The third-order valence-corrected chi connectivity index (χ3v) is 4.33. The summed E-state index contributed by atoms with van der Waals surface area (Å²) in [5.41, 5.74) is 1.38. The summed E-state index contributed by atoms with van der Waals surface area (Å²) in [7, 11) is 2.21. The van der Waals surface area contributed by atoms with Crippen molar-refractivity contribution in [3.63, 3.8) is 0 Å². The summed E-state index contributed by atoms with van der Waals surface area (Å²) in [4.78, 5) is 3.85. The van der Waals surface area contributed by atoms with Crippen LogP contribution in [0.5, 0.6) is 0 Å². The number of nitrogens with zero attached hydrogens (tertiary/aromatic N) is 1. The number of likely N-dealkylation sites (N-methyl/N-ethyl adjacent to an activating group) is 1. The topological polar surface area (TPSA) is 15.3 Å². The molecule has 0 saturated carbocycles. The maximum absolute atomic E-state index is 3.56. The molecule has 2 rings (SSSR count). The summed E-state index contributed by atoms with van der Waals surface area (Å²) < 4.78 is 0. The van der Waals surface area contributed by atoms with Crippen molar-refractivity contribution in [2.75, 3.05) is 20.1 Å². The molecule has 1 aromatic carbocycles. The minimum absolute atomic E-state index is 0.421. The number of hydrogen-bond acceptors (Lipinski definition) is 3. The average Bonchev–Trinajstić information content (AvgIpc) is 2.97. The lowest BCUT2D eigenvalue weighted by molar-refractivity contribution is 0.232. The van der Waals surface area contributed by atoms with Gasteiger partial charge in [0.05, 0.1) is 0 Å². The minimum atomic E-state index is 0.421. The van der Waals surface area contributed by atoms with Crippen molar-refractivity contribution in [1.29, 1.82) is 0 Å². The summed E-state index contributed by atoms with van der Waals surface area (Å²) in [6, 6.07) is 15.5. The van der Waals surface area contributed by atoms with Gasteiger partial charge in [0.1, 0.15) is 0 Å². The highest BCUT2D eigenvalue weighted by atomic mass is 32.1. The Morgan fingerprint density at radius 3 is 2.60 bits per heavy atom. The molecule has 2 aromatic rings. The lowest BCUT2D eigenvalue weighted by atomic mass is 10.1. The van der Waals surface area contributed by atoms with Gasteiger partial charge in [-0.3, -0.25) is 4.90 Å². The van der Waals surface area contributed by atoms with Crippen molar-refractivity contribution in [3.8, 4) is 0 Å². The monoisotopic (exact) mass is 288 g/mol. The van der Waals surface area contributed by atoms with E-state index in [0.717, 1.165) is 19.6 Å². The molecule has 0 aliphatic heterocycles. The van der Waals surface area contributed by atoms with Crippen LogP contribution in [0.1, 0.15) is 29.8 Å². The van der Waals surface area contributed by atoms with Crippen molar-refractivity contribution >= 4 is 11.3 Å². The Kier molecular flexibility index (Phi) is 6.25. The molecule has 0 radical (unpaired) electrons. The zero-order valence-electron chi connectivity index (χ0n) is 12.4. The second kappa shape index (κ2) is 8.20. The normalized spacial score (nSPS) is 12.8. The quantitative estimate of drug-likeness (QED) is 0.741. The molecular weight excluding hydrogens is 264 g/mol. The molecule has 1 heterocycles. The van der Waals surface area contributed by atoms with Crippen LogP contribution in [0.3, 0.4) is 0 Å². The lowest BCUT2D eigenvalue weighted by Gasteiger charge is -2.28. The van der Waals surface area contributed by atoms with Crippen molar-refractivity contribution < 1.29 is 0 Å². The van der Waals surface area contributed by atoms with Gasteiger partial charge in [-0.25, -0.2) is 0 Å². The summed E-state index contributed by atoms with van der Waals surface area (Å²) in [5.74, 6) is 0. The number of thiophene rings is 1. The van der Waals surface area contributed by atoms with Crippen LogP contribution in [-0.4, -0.2) is 25.0 Å². The number of rotatable bonds is 8. The average molecular weight is 288 g/mol. The Hall–Kier alpha value is -1.16. The smallest absolute Gasteiger partial charge is 0.0473 e. The summed E-state index contributed by atoms with van der Waals surface area (Å²) in [5, 5.41) is 5.70. The standard InChI is InChI=1S/C17H24N2S/c1-3-11-18-13-17(15-8-5-4-6-9-15)19(2)14-16-10-7-12-20-16/h4-10,12,17-18H,3,11,13-14H2,1-2H3. The van der Waals surface area contributed by atoms with Gasteiger partial charge in [0.25, 0.3) is 0 Å². The molecule has 0 aliphatic rings. The van der Waals surface area contributed by atoms with Crippen LogP contribution in [0.25, 0.3) is 0 Å². The molecule has 0 aliphatic carbocycles. The molecule has 0 spiro atoms. The van der Waals surface area contributed by atoms with Crippen molar-refractivity contribution in [2.24, 2.45) is 0 Å². The molecule has 108 valence electrons. The second-order valence-electron chi connectivity index (χ2n) is 5.13. The van der Waals surface area contributed by atoms with E-state index in [0.29, 0.717) is 6.04 Å². The van der Waals surface area contributed by atoms with Crippen LogP contribution in [-0.2, 0) is 6.54 Å². The lowest BCUT2D eigenvalue weighted by Crippen LogP contribution is -2.33. The SMILES string of the molecule is CCCNCC(c1ccccc1)N(C)Cc1cccs1. The van der Waals surface area contributed by atoms with E-state index in [2.05, 4.69) is 72.0 Å². The van der Waals surface area contributed by atoms with E-state index >= 15 is 0 Å². The molecule has 1 unspecified atom stereocenters. The molecule has 1 aromatic heterocycles. The van der Waals surface area contributed by atoms with Crippen LogP contribution in [0.4, 0.5) is 0 Å². The predicted molar refractivity (Wildman–Crippen MR) is 88.1 cm³/mol. The van der Waals surface area contributed by atoms with E-state index in [9.17, 15) is 0 Å². The number of benzene rings is 1. The van der Waals surface area contributed by atoms with Gasteiger partial charge in [-0.2, -0.15) is 0 Å². The fourth-order valence-electron chi connectivity index (χ4n) is 2.38. The van der Waals surface area contributed by atoms with E-state index in [1.807, 2.05) is 11.3 Å². The molecule has 0 bridgehead atoms. The highest BCUT2D eigenvalue weighted by Gasteiger charge is 2.16. The van der Waals surface area contributed by atoms with E-state index in [1.165, 1.54) is 16.9 Å². The molecule has 2 nitrogen and oxygen atoms in total. The molecule has 3 heteroatoms. The summed E-state index contributed by atoms with van der Waals surface area (Å²) in [6.45, 7) is 5.29. The number of hydrogen-bond donors (Lipinski definition) is 1. The Labute approximate surface area is 126 Å². The van der Waals surface area contributed by atoms with Gasteiger partial charge in [0.15, 0.2) is 0 Å². The third kappa shape index (κ3) is 4.44. The van der Waals surface area contributed by atoms with E-state index in [1.54, 1.807) is 0 Å². The van der Waals surface area contributed by atoms with Crippen LogP contribution >= 0.6 is 11.3 Å². The van der Waals surface area contributed by atoms with E-state index in [4.69, 9.17) is 0 Å². The van der Waals surface area contributed by atoms with Crippen LogP contribution in [0.2, 0.25) is 0 Å². The number of nitrogens with one attached hydrogen (secondary N) is 1. The first-order chi connectivity index (χ1) is 9.81. The molecule has 0 amide bonds. The van der Waals surface area contributed by atoms with Gasteiger partial charge in [-0.05, 0) is 37.0 Å². The first kappa shape index (κ1) is 15.2. The minimum Gasteiger partial charge on any atom is -0.315 e. The zero-order chi connectivity index (χ0) is 14.2. The second-order valence-corrected chi connectivity index (χ2v) is 6.16. The Balaban J connectivity index is 2.04. The maximum Gasteiger partial charge on any atom is 0.0473 e. The van der Waals surface area contributed by atoms with E-state index in [-0.39, 0.29) is 0 Å². The Morgan fingerprint density at radius 2 is 1.95 bits per heavy atom. The third-order valence-electron chi connectivity index (χ3n) is 3.47. The summed E-state index contributed by atoms with van der Waals surface area (Å²) in [6.07, 6.45) is 1.18. The first-order valence-electron chi connectivity index (χ1n) is 7.29. The molecule has 1 N–H and O–H groups in total. The Bertz CT molecular complexity index is 467. The van der Waals surface area contributed by atoms with Crippen molar-refractivity contribution in [2.45, 2.75) is 25.9 Å². The van der Waals surface area contributed by atoms with Crippen LogP contribution < -0.4 is 5.32 Å². The highest BCUT2D eigenvalue weighted by molar-refractivity contribution is 7.09. The predicted octanol–water partition coefficient (Wildman–Crippen LogP) is 3.92. The largest absolute Gasteiger partial charge is 0.315 e. The fourth-order valence-corrected chi connectivity index (χ4v) is 3.14. The first-order valence-corrected chi connectivity index (χ1v) is 8.17. The van der Waals surface area contributed by atoms with Gasteiger partial charge in [-0.1, -0.05) is 43.3 Å². The van der Waals surface area contributed by atoms with Crippen LogP contribution in [0.15, 0.2) is 47.8 Å². The molecule has 1 atom stereocenters. The van der Waals surface area contributed by atoms with Gasteiger partial charge in [-0.15, -0.1) is 11.3 Å². The van der Waals surface area contributed by atoms with Crippen molar-refractivity contribution in [1.82, 2.24) is 10.2 Å². The van der Waals surface area contributed by atoms with Gasteiger partial charge in [0.2, 0.25) is 0 Å². The Morgan fingerprint density at radius 1 is 1.15 bits per heavy atom. The van der Waals surface area contributed by atoms with Gasteiger partial charge >= 0.3 is 0 Å². The van der Waals surface area contributed by atoms with E-state index < -0.39 is 0 Å². The molecular formula is C17H24N2S. The maximum atomic E-state index is 3.56. The zero-order valence-corrected chi connectivity index (χ0v) is 13.2. The molecule has 20 heavy (non-hydrogen) atoms. The fraction of sp³-hybridized carbons (Fsp3) is 0.412. The molecule has 0 fully saturated rings. The van der Waals surface area contributed by atoms with Crippen LogP contribution in [0, 0.1) is 0 Å². The summed E-state index contributed by atoms with van der Waals surface area (Å²) >= 11 is 1.83. The molecule has 0 saturated heterocycles.